The first-order valence-corrected chi connectivity index (χ1v) is 7.59. The lowest BCUT2D eigenvalue weighted by atomic mass is 10.0. The summed E-state index contributed by atoms with van der Waals surface area (Å²) in [5, 5.41) is 24.2. The summed E-state index contributed by atoms with van der Waals surface area (Å²) in [5.41, 5.74) is 1.01. The van der Waals surface area contributed by atoms with E-state index in [0.717, 1.165) is 24.8 Å². The lowest BCUT2D eigenvalue weighted by Gasteiger charge is -2.21. The summed E-state index contributed by atoms with van der Waals surface area (Å²) in [5.74, 6) is 0.448. The summed E-state index contributed by atoms with van der Waals surface area (Å²) in [6.07, 6.45) is 2.22. The van der Waals surface area contributed by atoms with Crippen molar-refractivity contribution in [1.82, 2.24) is 5.32 Å². The van der Waals surface area contributed by atoms with Crippen LogP contribution >= 0.6 is 0 Å². The first-order valence-electron chi connectivity index (χ1n) is 7.59. The Labute approximate surface area is 126 Å². The van der Waals surface area contributed by atoms with E-state index in [9.17, 15) is 15.2 Å². The molecule has 0 bridgehead atoms. The van der Waals surface area contributed by atoms with Crippen molar-refractivity contribution < 1.29 is 10.0 Å². The van der Waals surface area contributed by atoms with Crippen LogP contribution in [0.4, 0.5) is 5.69 Å². The van der Waals surface area contributed by atoms with E-state index < -0.39 is 0 Å². The molecule has 5 nitrogen and oxygen atoms in total. The van der Waals surface area contributed by atoms with Crippen LogP contribution in [0.2, 0.25) is 0 Å². The zero-order valence-corrected chi connectivity index (χ0v) is 13.1. The number of hydrogen-bond acceptors (Lipinski definition) is 4. The molecule has 0 aromatic heterocycles. The van der Waals surface area contributed by atoms with Gasteiger partial charge in [-0.2, -0.15) is 0 Å². The van der Waals surface area contributed by atoms with E-state index in [0.29, 0.717) is 12.5 Å². The van der Waals surface area contributed by atoms with Gasteiger partial charge >= 0.3 is 0 Å². The van der Waals surface area contributed by atoms with E-state index in [1.807, 2.05) is 6.07 Å². The van der Waals surface area contributed by atoms with E-state index in [1.54, 1.807) is 12.1 Å². The van der Waals surface area contributed by atoms with Gasteiger partial charge in [0.25, 0.3) is 5.69 Å². The molecule has 0 amide bonds. The van der Waals surface area contributed by atoms with Crippen LogP contribution in [0.25, 0.3) is 0 Å². The second-order valence-corrected chi connectivity index (χ2v) is 5.88. The van der Waals surface area contributed by atoms with Gasteiger partial charge in [0.15, 0.2) is 0 Å². The molecule has 2 unspecified atom stereocenters. The van der Waals surface area contributed by atoms with E-state index in [2.05, 4.69) is 26.1 Å². The second kappa shape index (κ2) is 8.74. The number of rotatable bonds is 9. The molecule has 0 aliphatic heterocycles. The third-order valence-electron chi connectivity index (χ3n) is 3.40. The molecule has 1 rings (SSSR count). The first kappa shape index (κ1) is 17.6. The average molecular weight is 294 g/mol. The maximum Gasteiger partial charge on any atom is 0.269 e. The number of non-ortho nitro benzene ring substituents is 1. The molecule has 0 aliphatic carbocycles. The van der Waals surface area contributed by atoms with Gasteiger partial charge in [-0.25, -0.2) is 0 Å². The Morgan fingerprint density at radius 3 is 2.67 bits per heavy atom. The van der Waals surface area contributed by atoms with Crippen molar-refractivity contribution in [1.29, 1.82) is 0 Å². The Morgan fingerprint density at radius 2 is 2.10 bits per heavy atom. The molecule has 118 valence electrons. The number of nitro benzene ring substituents is 1. The highest BCUT2D eigenvalue weighted by Crippen LogP contribution is 2.23. The molecular weight excluding hydrogens is 268 g/mol. The van der Waals surface area contributed by atoms with Gasteiger partial charge in [0, 0.05) is 24.7 Å². The Bertz CT molecular complexity index is 449. The Balaban J connectivity index is 2.72. The molecule has 0 saturated carbocycles. The SMILES string of the molecule is CCCC(NCC(O)CC(C)C)c1cccc([N+](=O)[O-])c1. The number of hydrogen-bond donors (Lipinski definition) is 2. The molecule has 2 atom stereocenters. The quantitative estimate of drug-likeness (QED) is 0.540. The Kier molecular flexibility index (Phi) is 7.32. The van der Waals surface area contributed by atoms with Crippen molar-refractivity contribution in [3.05, 3.63) is 39.9 Å². The van der Waals surface area contributed by atoms with Gasteiger partial charge in [-0.15, -0.1) is 0 Å². The smallest absolute Gasteiger partial charge is 0.269 e. The van der Waals surface area contributed by atoms with Gasteiger partial charge in [-0.05, 0) is 24.3 Å². The highest BCUT2D eigenvalue weighted by Gasteiger charge is 2.16. The zero-order valence-electron chi connectivity index (χ0n) is 13.1. The molecule has 21 heavy (non-hydrogen) atoms. The molecule has 0 heterocycles. The normalized spacial score (nSPS) is 14.1. The molecule has 0 aliphatic rings. The summed E-state index contributed by atoms with van der Waals surface area (Å²) in [4.78, 5) is 10.5. The summed E-state index contributed by atoms with van der Waals surface area (Å²) in [7, 11) is 0. The maximum absolute atomic E-state index is 10.9. The average Bonchev–Trinajstić information content (AvgIpc) is 2.42. The first-order chi connectivity index (χ1) is 9.93. The molecule has 1 aromatic rings. The van der Waals surface area contributed by atoms with E-state index in [1.165, 1.54) is 6.07 Å². The van der Waals surface area contributed by atoms with Crippen molar-refractivity contribution in [3.8, 4) is 0 Å². The van der Waals surface area contributed by atoms with E-state index in [-0.39, 0.29) is 22.8 Å². The predicted molar refractivity (Wildman–Crippen MR) is 84.2 cm³/mol. The van der Waals surface area contributed by atoms with Crippen LogP contribution in [-0.4, -0.2) is 22.7 Å². The van der Waals surface area contributed by atoms with Crippen LogP contribution in [0.15, 0.2) is 24.3 Å². The van der Waals surface area contributed by atoms with Gasteiger partial charge < -0.3 is 10.4 Å². The number of nitro groups is 1. The lowest BCUT2D eigenvalue weighted by Crippen LogP contribution is -2.31. The van der Waals surface area contributed by atoms with Crippen molar-refractivity contribution in [2.24, 2.45) is 5.92 Å². The van der Waals surface area contributed by atoms with Gasteiger partial charge in [-0.3, -0.25) is 10.1 Å². The number of aliphatic hydroxyl groups is 1. The third-order valence-corrected chi connectivity index (χ3v) is 3.40. The highest BCUT2D eigenvalue weighted by atomic mass is 16.6. The topological polar surface area (TPSA) is 75.4 Å². The minimum atomic E-state index is -0.386. The summed E-state index contributed by atoms with van der Waals surface area (Å²) >= 11 is 0. The number of benzene rings is 1. The second-order valence-electron chi connectivity index (χ2n) is 5.88. The van der Waals surface area contributed by atoms with Crippen LogP contribution in [0, 0.1) is 16.0 Å². The zero-order chi connectivity index (χ0) is 15.8. The molecule has 1 aromatic carbocycles. The number of nitrogens with one attached hydrogen (secondary N) is 1. The van der Waals surface area contributed by atoms with Crippen LogP contribution in [0.5, 0.6) is 0 Å². The van der Waals surface area contributed by atoms with Crippen LogP contribution < -0.4 is 5.32 Å². The van der Waals surface area contributed by atoms with E-state index in [4.69, 9.17) is 0 Å². The van der Waals surface area contributed by atoms with Crippen LogP contribution in [-0.2, 0) is 0 Å². The summed E-state index contributed by atoms with van der Waals surface area (Å²) in [6, 6.07) is 6.76. The predicted octanol–water partition coefficient (Wildman–Crippen LogP) is 3.43. The Hall–Kier alpha value is -1.46. The maximum atomic E-state index is 10.9. The fraction of sp³-hybridized carbons (Fsp3) is 0.625. The minimum absolute atomic E-state index is 0.0386. The highest BCUT2D eigenvalue weighted by molar-refractivity contribution is 5.35. The van der Waals surface area contributed by atoms with Crippen molar-refractivity contribution >= 4 is 5.69 Å². The molecule has 0 spiro atoms. The van der Waals surface area contributed by atoms with Crippen LogP contribution in [0.3, 0.4) is 0 Å². The monoisotopic (exact) mass is 294 g/mol. The van der Waals surface area contributed by atoms with Gasteiger partial charge in [0.1, 0.15) is 0 Å². The number of nitrogens with zero attached hydrogens (tertiary/aromatic N) is 1. The van der Waals surface area contributed by atoms with Crippen molar-refractivity contribution in [2.45, 2.75) is 52.2 Å². The standard InChI is InChI=1S/C16H26N2O3/c1-4-6-16(17-11-15(19)9-12(2)3)13-7-5-8-14(10-13)18(20)21/h5,7-8,10,12,15-17,19H,4,6,9,11H2,1-3H3. The summed E-state index contributed by atoms with van der Waals surface area (Å²) in [6.45, 7) is 6.74. The molecule has 2 N–H and O–H groups in total. The molecule has 5 heteroatoms. The van der Waals surface area contributed by atoms with Gasteiger partial charge in [-0.1, -0.05) is 39.3 Å². The van der Waals surface area contributed by atoms with Crippen LogP contribution in [0.1, 0.15) is 51.6 Å². The fourth-order valence-corrected chi connectivity index (χ4v) is 2.44. The van der Waals surface area contributed by atoms with Crippen molar-refractivity contribution in [3.63, 3.8) is 0 Å². The number of aliphatic hydroxyl groups excluding tert-OH is 1. The van der Waals surface area contributed by atoms with Gasteiger partial charge in [0.2, 0.25) is 0 Å². The molecular formula is C16H26N2O3. The molecule has 0 fully saturated rings. The van der Waals surface area contributed by atoms with Gasteiger partial charge in [0.05, 0.1) is 11.0 Å². The minimum Gasteiger partial charge on any atom is -0.392 e. The molecule has 0 saturated heterocycles. The largest absolute Gasteiger partial charge is 0.392 e. The van der Waals surface area contributed by atoms with E-state index >= 15 is 0 Å². The fourth-order valence-electron chi connectivity index (χ4n) is 2.44. The third kappa shape index (κ3) is 6.23. The van der Waals surface area contributed by atoms with Crippen molar-refractivity contribution in [2.75, 3.05) is 6.54 Å². The molecule has 0 radical (unpaired) electrons. The summed E-state index contributed by atoms with van der Waals surface area (Å²) < 4.78 is 0. The lowest BCUT2D eigenvalue weighted by molar-refractivity contribution is -0.384. The Morgan fingerprint density at radius 1 is 1.38 bits per heavy atom.